The van der Waals surface area contributed by atoms with Crippen molar-refractivity contribution in [2.75, 3.05) is 36.3 Å². The molecule has 0 bridgehead atoms. The van der Waals surface area contributed by atoms with Crippen molar-refractivity contribution < 1.29 is 26.4 Å². The SMILES string of the molecule is O=C(Nc1ccc(S(=O)(=O)Nc2cccc3ccccc23)cc1)c1cc(S(=O)(=O)N2CCOCC2)ccc1Cl. The second kappa shape index (κ2) is 10.9. The number of fused-ring (bicyclic) bond motifs is 1. The summed E-state index contributed by atoms with van der Waals surface area (Å²) in [5.41, 5.74) is 0.731. The fourth-order valence-corrected chi connectivity index (χ4v) is 6.93. The number of anilines is 2. The van der Waals surface area contributed by atoms with E-state index in [1.54, 1.807) is 12.1 Å². The average Bonchev–Trinajstić information content (AvgIpc) is 2.94. The molecule has 0 atom stereocenters. The molecule has 39 heavy (non-hydrogen) atoms. The Morgan fingerprint density at radius 3 is 2.23 bits per heavy atom. The molecule has 1 saturated heterocycles. The zero-order chi connectivity index (χ0) is 27.6. The molecule has 9 nitrogen and oxygen atoms in total. The minimum atomic E-state index is -3.91. The highest BCUT2D eigenvalue weighted by atomic mass is 35.5. The Morgan fingerprint density at radius 2 is 1.49 bits per heavy atom. The van der Waals surface area contributed by atoms with Crippen LogP contribution >= 0.6 is 11.6 Å². The molecule has 0 aliphatic carbocycles. The van der Waals surface area contributed by atoms with E-state index in [0.717, 1.165) is 10.8 Å². The van der Waals surface area contributed by atoms with Crippen molar-refractivity contribution in [2.24, 2.45) is 0 Å². The highest BCUT2D eigenvalue weighted by Gasteiger charge is 2.27. The number of carbonyl (C=O) groups excluding carboxylic acids is 1. The molecule has 1 aliphatic rings. The van der Waals surface area contributed by atoms with Gasteiger partial charge in [0.25, 0.3) is 15.9 Å². The summed E-state index contributed by atoms with van der Waals surface area (Å²) in [6, 6.07) is 22.3. The van der Waals surface area contributed by atoms with Crippen molar-refractivity contribution in [3.05, 3.63) is 95.5 Å². The van der Waals surface area contributed by atoms with Crippen LogP contribution in [0, 0.1) is 0 Å². The Kier molecular flexibility index (Phi) is 7.61. The van der Waals surface area contributed by atoms with Gasteiger partial charge in [0.15, 0.2) is 0 Å². The third-order valence-electron chi connectivity index (χ3n) is 6.25. The highest BCUT2D eigenvalue weighted by Crippen LogP contribution is 2.27. The Bertz CT molecular complexity index is 1750. The first-order chi connectivity index (χ1) is 18.6. The van der Waals surface area contributed by atoms with E-state index in [1.165, 1.54) is 46.8 Å². The second-order valence-electron chi connectivity index (χ2n) is 8.77. The van der Waals surface area contributed by atoms with Crippen molar-refractivity contribution >= 4 is 59.7 Å². The van der Waals surface area contributed by atoms with Gasteiger partial charge in [-0.3, -0.25) is 9.52 Å². The van der Waals surface area contributed by atoms with E-state index in [1.807, 2.05) is 30.3 Å². The zero-order valence-corrected chi connectivity index (χ0v) is 22.9. The fourth-order valence-electron chi connectivity index (χ4n) is 4.21. The van der Waals surface area contributed by atoms with Gasteiger partial charge in [0.1, 0.15) is 0 Å². The molecule has 0 saturated carbocycles. The monoisotopic (exact) mass is 585 g/mol. The van der Waals surface area contributed by atoms with Crippen molar-refractivity contribution in [2.45, 2.75) is 9.79 Å². The zero-order valence-electron chi connectivity index (χ0n) is 20.5. The van der Waals surface area contributed by atoms with Crippen LogP contribution in [0.25, 0.3) is 10.8 Å². The van der Waals surface area contributed by atoms with E-state index in [9.17, 15) is 21.6 Å². The third kappa shape index (κ3) is 5.77. The van der Waals surface area contributed by atoms with Gasteiger partial charge in [0, 0.05) is 24.2 Å². The standard InChI is InChI=1S/C27H24ClN3O6S2/c28-25-13-12-22(39(35,36)31-14-16-37-17-15-31)18-24(25)27(32)29-20-8-10-21(11-9-20)38(33,34)30-26-7-3-5-19-4-1-2-6-23(19)26/h1-13,18,30H,14-17H2,(H,29,32). The van der Waals surface area contributed by atoms with Crippen molar-refractivity contribution in [1.29, 1.82) is 0 Å². The van der Waals surface area contributed by atoms with E-state index in [4.69, 9.17) is 16.3 Å². The number of hydrogen-bond donors (Lipinski definition) is 2. The summed E-state index contributed by atoms with van der Waals surface area (Å²) in [5, 5.41) is 4.38. The molecule has 202 valence electrons. The van der Waals surface area contributed by atoms with Gasteiger partial charge in [-0.05, 0) is 53.9 Å². The topological polar surface area (TPSA) is 122 Å². The molecule has 5 rings (SSSR count). The summed E-state index contributed by atoms with van der Waals surface area (Å²) in [5.74, 6) is -0.636. The predicted octanol–water partition coefficient (Wildman–Crippen LogP) is 4.57. The van der Waals surface area contributed by atoms with Crippen LogP contribution in [0.4, 0.5) is 11.4 Å². The number of halogens is 1. The normalized spacial score (nSPS) is 14.7. The van der Waals surface area contributed by atoms with E-state index in [2.05, 4.69) is 10.0 Å². The molecule has 4 aromatic rings. The number of nitrogens with one attached hydrogen (secondary N) is 2. The molecule has 1 fully saturated rings. The molecule has 0 unspecified atom stereocenters. The number of nitrogens with zero attached hydrogens (tertiary/aromatic N) is 1. The molecule has 1 heterocycles. The molecule has 1 aliphatic heterocycles. The lowest BCUT2D eigenvalue weighted by Crippen LogP contribution is -2.40. The Labute approximate surface area is 231 Å². The first-order valence-electron chi connectivity index (χ1n) is 11.9. The minimum absolute atomic E-state index is 0.00469. The largest absolute Gasteiger partial charge is 0.379 e. The minimum Gasteiger partial charge on any atom is -0.379 e. The molecule has 0 spiro atoms. The molecular formula is C27H24ClN3O6S2. The van der Waals surface area contributed by atoms with Gasteiger partial charge in [-0.2, -0.15) is 4.31 Å². The van der Waals surface area contributed by atoms with E-state index < -0.39 is 26.0 Å². The number of amides is 1. The van der Waals surface area contributed by atoms with Crippen LogP contribution in [0.2, 0.25) is 5.02 Å². The summed E-state index contributed by atoms with van der Waals surface area (Å²) in [7, 11) is -7.73. The average molecular weight is 586 g/mol. The maximum absolute atomic E-state index is 13.0. The molecular weight excluding hydrogens is 562 g/mol. The van der Waals surface area contributed by atoms with Crippen molar-refractivity contribution in [1.82, 2.24) is 4.31 Å². The maximum Gasteiger partial charge on any atom is 0.261 e. The quantitative estimate of drug-likeness (QED) is 0.328. The van der Waals surface area contributed by atoms with Crippen LogP contribution in [0.5, 0.6) is 0 Å². The van der Waals surface area contributed by atoms with Gasteiger partial charge in [-0.1, -0.05) is 48.0 Å². The van der Waals surface area contributed by atoms with Gasteiger partial charge < -0.3 is 10.1 Å². The van der Waals surface area contributed by atoms with Crippen LogP contribution < -0.4 is 10.0 Å². The molecule has 0 radical (unpaired) electrons. The van der Waals surface area contributed by atoms with Gasteiger partial charge >= 0.3 is 0 Å². The molecule has 2 N–H and O–H groups in total. The number of morpholine rings is 1. The van der Waals surface area contributed by atoms with Gasteiger partial charge in [-0.15, -0.1) is 0 Å². The number of ether oxygens (including phenoxy) is 1. The summed E-state index contributed by atoms with van der Waals surface area (Å²) >= 11 is 6.22. The predicted molar refractivity (Wildman–Crippen MR) is 150 cm³/mol. The smallest absolute Gasteiger partial charge is 0.261 e. The lowest BCUT2D eigenvalue weighted by Gasteiger charge is -2.26. The third-order valence-corrected chi connectivity index (χ3v) is 9.85. The van der Waals surface area contributed by atoms with Gasteiger partial charge in [0.2, 0.25) is 10.0 Å². The summed E-state index contributed by atoms with van der Waals surface area (Å²) < 4.78 is 61.2. The first-order valence-corrected chi connectivity index (χ1v) is 15.2. The molecule has 0 aromatic heterocycles. The van der Waals surface area contributed by atoms with Crippen LogP contribution in [0.1, 0.15) is 10.4 Å². The molecule has 4 aromatic carbocycles. The Morgan fingerprint density at radius 1 is 0.821 bits per heavy atom. The molecule has 1 amide bonds. The number of hydrogen-bond acceptors (Lipinski definition) is 6. The van der Waals surface area contributed by atoms with Gasteiger partial charge in [0.05, 0.1) is 39.3 Å². The van der Waals surface area contributed by atoms with Crippen molar-refractivity contribution in [3.63, 3.8) is 0 Å². The Hall–Kier alpha value is -3.48. The van der Waals surface area contributed by atoms with E-state index in [0.29, 0.717) is 24.6 Å². The van der Waals surface area contributed by atoms with Crippen LogP contribution in [-0.2, 0) is 24.8 Å². The number of carbonyl (C=O) groups is 1. The molecule has 12 heteroatoms. The first kappa shape index (κ1) is 27.1. The number of rotatable bonds is 7. The Balaban J connectivity index is 1.33. The maximum atomic E-state index is 13.0. The van der Waals surface area contributed by atoms with Crippen LogP contribution in [-0.4, -0.2) is 53.4 Å². The van der Waals surface area contributed by atoms with Crippen LogP contribution in [0.3, 0.4) is 0 Å². The lowest BCUT2D eigenvalue weighted by atomic mass is 10.1. The fraction of sp³-hybridized carbons (Fsp3) is 0.148. The lowest BCUT2D eigenvalue weighted by molar-refractivity contribution is 0.0730. The summed E-state index contributed by atoms with van der Waals surface area (Å²) in [6.07, 6.45) is 0. The summed E-state index contributed by atoms with van der Waals surface area (Å²) in [6.45, 7) is 1.03. The number of sulfonamides is 2. The van der Waals surface area contributed by atoms with Crippen molar-refractivity contribution in [3.8, 4) is 0 Å². The summed E-state index contributed by atoms with van der Waals surface area (Å²) in [4.78, 5) is 12.9. The van der Waals surface area contributed by atoms with E-state index >= 15 is 0 Å². The van der Waals surface area contributed by atoms with Crippen LogP contribution in [0.15, 0.2) is 94.7 Å². The number of benzene rings is 4. The highest BCUT2D eigenvalue weighted by molar-refractivity contribution is 7.92. The van der Waals surface area contributed by atoms with E-state index in [-0.39, 0.29) is 33.5 Å². The second-order valence-corrected chi connectivity index (χ2v) is 12.8. The van der Waals surface area contributed by atoms with Gasteiger partial charge in [-0.25, -0.2) is 16.8 Å².